The highest BCUT2D eigenvalue weighted by Gasteiger charge is 2.42. The van der Waals surface area contributed by atoms with Crippen molar-refractivity contribution in [3.63, 3.8) is 0 Å². The highest BCUT2D eigenvalue weighted by Crippen LogP contribution is 2.33. The maximum Gasteiger partial charge on any atom is 0.247 e. The van der Waals surface area contributed by atoms with Gasteiger partial charge in [0.05, 0.1) is 24.4 Å². The van der Waals surface area contributed by atoms with Gasteiger partial charge >= 0.3 is 0 Å². The number of fused-ring (bicyclic) bond motifs is 1. The van der Waals surface area contributed by atoms with E-state index < -0.39 is 41.1 Å². The lowest BCUT2D eigenvalue weighted by atomic mass is 9.85. The van der Waals surface area contributed by atoms with Crippen molar-refractivity contribution in [2.24, 2.45) is 5.41 Å². The van der Waals surface area contributed by atoms with Crippen LogP contribution in [0.2, 0.25) is 0 Å². The Balaban J connectivity index is 0.00000552. The Labute approximate surface area is 267 Å². The Morgan fingerprint density at radius 3 is 2.51 bits per heavy atom. The number of halogens is 3. The second-order valence-corrected chi connectivity index (χ2v) is 11.9. The number of carbonyl (C=O) groups excluding carboxylic acids is 3. The van der Waals surface area contributed by atoms with Crippen LogP contribution in [-0.4, -0.2) is 71.4 Å². The smallest absolute Gasteiger partial charge is 0.247 e. The SMILES string of the molecule is CN[C@@H](C)C(=O)N[C@H](C(=O)N1CCCC1C(=O)Nc1cc2c(NCc3ccc(F)cc3F)ncnc2cc1OC)C(C)(C)C.Cl. The average Bonchev–Trinajstić information content (AvgIpc) is 3.48. The third kappa shape index (κ3) is 8.14. The van der Waals surface area contributed by atoms with E-state index in [1.807, 2.05) is 20.8 Å². The van der Waals surface area contributed by atoms with Gasteiger partial charge in [-0.15, -0.1) is 12.4 Å². The predicted molar refractivity (Wildman–Crippen MR) is 170 cm³/mol. The van der Waals surface area contributed by atoms with E-state index in [0.29, 0.717) is 47.5 Å². The number of hydrogen-bond acceptors (Lipinski definition) is 8. The van der Waals surface area contributed by atoms with E-state index in [2.05, 4.69) is 31.2 Å². The molecule has 1 unspecified atom stereocenters. The molecular weight excluding hydrogens is 608 g/mol. The second kappa shape index (κ2) is 14.8. The summed E-state index contributed by atoms with van der Waals surface area (Å²) in [6.07, 6.45) is 2.41. The predicted octanol–water partition coefficient (Wildman–Crippen LogP) is 4.02. The van der Waals surface area contributed by atoms with E-state index >= 15 is 0 Å². The second-order valence-electron chi connectivity index (χ2n) is 11.9. The first-order valence-corrected chi connectivity index (χ1v) is 14.4. The van der Waals surface area contributed by atoms with Crippen molar-refractivity contribution in [1.82, 2.24) is 25.5 Å². The van der Waals surface area contributed by atoms with Crippen molar-refractivity contribution in [2.75, 3.05) is 31.3 Å². The number of nitrogens with one attached hydrogen (secondary N) is 4. The number of benzene rings is 2. The summed E-state index contributed by atoms with van der Waals surface area (Å²) in [5.41, 5.74) is 0.482. The molecule has 0 radical (unpaired) electrons. The molecule has 1 aliphatic rings. The normalized spacial score (nSPS) is 16.0. The third-order valence-corrected chi connectivity index (χ3v) is 7.74. The van der Waals surface area contributed by atoms with Crippen LogP contribution >= 0.6 is 12.4 Å². The van der Waals surface area contributed by atoms with Crippen LogP contribution in [0.1, 0.15) is 46.1 Å². The molecule has 0 aliphatic carbocycles. The number of hydrogen-bond donors (Lipinski definition) is 4. The molecule has 4 rings (SSSR count). The quantitative estimate of drug-likeness (QED) is 0.259. The number of rotatable bonds is 10. The molecule has 1 aromatic heterocycles. The molecule has 0 saturated carbocycles. The Bertz CT molecular complexity index is 1550. The van der Waals surface area contributed by atoms with Gasteiger partial charge in [0, 0.05) is 36.2 Å². The fourth-order valence-corrected chi connectivity index (χ4v) is 5.07. The van der Waals surface area contributed by atoms with E-state index in [0.717, 1.165) is 6.07 Å². The van der Waals surface area contributed by atoms with Crippen LogP contribution in [0.5, 0.6) is 5.75 Å². The van der Waals surface area contributed by atoms with Gasteiger partial charge in [0.15, 0.2) is 0 Å². The van der Waals surface area contributed by atoms with Gasteiger partial charge in [-0.05, 0) is 44.4 Å². The van der Waals surface area contributed by atoms with Gasteiger partial charge < -0.3 is 30.9 Å². The molecule has 14 heteroatoms. The molecule has 3 aromatic rings. The Morgan fingerprint density at radius 2 is 1.87 bits per heavy atom. The number of methoxy groups -OCH3 is 1. The van der Waals surface area contributed by atoms with E-state index in [1.54, 1.807) is 26.1 Å². The molecule has 244 valence electrons. The van der Waals surface area contributed by atoms with Crippen LogP contribution in [0, 0.1) is 17.0 Å². The number of ether oxygens (including phenoxy) is 1. The van der Waals surface area contributed by atoms with Gasteiger partial charge in [-0.2, -0.15) is 0 Å². The van der Waals surface area contributed by atoms with Crippen molar-refractivity contribution < 1.29 is 27.9 Å². The largest absolute Gasteiger partial charge is 0.494 e. The fourth-order valence-electron chi connectivity index (χ4n) is 5.07. The minimum Gasteiger partial charge on any atom is -0.494 e. The van der Waals surface area contributed by atoms with Gasteiger partial charge in [0.2, 0.25) is 17.7 Å². The summed E-state index contributed by atoms with van der Waals surface area (Å²) >= 11 is 0. The molecule has 1 aliphatic heterocycles. The molecule has 0 bridgehead atoms. The summed E-state index contributed by atoms with van der Waals surface area (Å²) in [6.45, 7) is 7.70. The van der Waals surface area contributed by atoms with Crippen LogP contribution in [-0.2, 0) is 20.9 Å². The summed E-state index contributed by atoms with van der Waals surface area (Å²) in [5, 5.41) is 12.2. The van der Waals surface area contributed by atoms with Crippen molar-refractivity contribution in [3.05, 3.63) is 53.9 Å². The molecule has 1 fully saturated rings. The van der Waals surface area contributed by atoms with E-state index in [1.165, 1.54) is 30.5 Å². The third-order valence-electron chi connectivity index (χ3n) is 7.74. The van der Waals surface area contributed by atoms with Crippen LogP contribution in [0.25, 0.3) is 10.9 Å². The van der Waals surface area contributed by atoms with Crippen LogP contribution in [0.3, 0.4) is 0 Å². The van der Waals surface area contributed by atoms with Crippen LogP contribution in [0.4, 0.5) is 20.3 Å². The molecular formula is C31H40ClF2N7O4. The first-order valence-electron chi connectivity index (χ1n) is 14.4. The highest BCUT2D eigenvalue weighted by atomic mass is 35.5. The number of anilines is 2. The maximum absolute atomic E-state index is 14.2. The average molecular weight is 648 g/mol. The molecule has 45 heavy (non-hydrogen) atoms. The molecule has 3 atom stereocenters. The van der Waals surface area contributed by atoms with Crippen molar-refractivity contribution >= 4 is 52.5 Å². The minimum absolute atomic E-state index is 0. The molecule has 0 spiro atoms. The van der Waals surface area contributed by atoms with E-state index in [-0.39, 0.29) is 36.3 Å². The zero-order chi connectivity index (χ0) is 32.2. The number of likely N-dealkylation sites (N-methyl/N-ethyl adjacent to an activating group) is 1. The summed E-state index contributed by atoms with van der Waals surface area (Å²) in [7, 11) is 3.12. The standard InChI is InChI=1S/C31H39F2N7O4.ClH/c1-17(34-5)28(41)39-26(31(2,3)4)30(43)40-11-7-8-24(40)29(42)38-23-13-20-22(14-25(23)44-6)36-16-37-27(20)35-15-18-9-10-19(32)12-21(18)33;/h9-10,12-14,16-17,24,26,34H,7-8,11,15H2,1-6H3,(H,38,42)(H,39,41)(H,35,36,37);1H/t17-,24?,26+;/m0./s1. The zero-order valence-electron chi connectivity index (χ0n) is 26.2. The highest BCUT2D eigenvalue weighted by molar-refractivity contribution is 6.02. The van der Waals surface area contributed by atoms with Gasteiger partial charge in [-0.1, -0.05) is 26.8 Å². The number of aromatic nitrogens is 2. The number of carbonyl (C=O) groups is 3. The van der Waals surface area contributed by atoms with Gasteiger partial charge in [-0.3, -0.25) is 14.4 Å². The zero-order valence-corrected chi connectivity index (χ0v) is 27.0. The first-order chi connectivity index (χ1) is 20.8. The lowest BCUT2D eigenvalue weighted by Gasteiger charge is -2.36. The molecule has 2 heterocycles. The molecule has 2 aromatic carbocycles. The van der Waals surface area contributed by atoms with Crippen molar-refractivity contribution in [3.8, 4) is 5.75 Å². The Kier molecular flexibility index (Phi) is 11.6. The topological polar surface area (TPSA) is 138 Å². The summed E-state index contributed by atoms with van der Waals surface area (Å²) < 4.78 is 33.1. The fraction of sp³-hybridized carbons (Fsp3) is 0.452. The maximum atomic E-state index is 14.2. The Hall–Kier alpha value is -4.10. The van der Waals surface area contributed by atoms with E-state index in [4.69, 9.17) is 4.74 Å². The number of amides is 3. The van der Waals surface area contributed by atoms with Crippen molar-refractivity contribution in [1.29, 1.82) is 0 Å². The first kappa shape index (κ1) is 35.4. The lowest BCUT2D eigenvalue weighted by molar-refractivity contribution is -0.143. The van der Waals surface area contributed by atoms with E-state index in [9.17, 15) is 23.2 Å². The minimum atomic E-state index is -0.842. The molecule has 1 saturated heterocycles. The molecule has 11 nitrogen and oxygen atoms in total. The number of likely N-dealkylation sites (tertiary alicyclic amines) is 1. The van der Waals surface area contributed by atoms with Gasteiger partial charge in [-0.25, -0.2) is 18.7 Å². The van der Waals surface area contributed by atoms with Crippen LogP contribution in [0.15, 0.2) is 36.7 Å². The summed E-state index contributed by atoms with van der Waals surface area (Å²) in [4.78, 5) is 50.2. The lowest BCUT2D eigenvalue weighted by Crippen LogP contribution is -2.59. The molecule has 4 N–H and O–H groups in total. The van der Waals surface area contributed by atoms with Crippen LogP contribution < -0.4 is 26.0 Å². The Morgan fingerprint density at radius 1 is 1.13 bits per heavy atom. The monoisotopic (exact) mass is 647 g/mol. The summed E-state index contributed by atoms with van der Waals surface area (Å²) in [5.74, 6) is -1.69. The van der Waals surface area contributed by atoms with Gasteiger partial charge in [0.1, 0.15) is 41.6 Å². The van der Waals surface area contributed by atoms with Crippen molar-refractivity contribution in [2.45, 2.75) is 65.2 Å². The van der Waals surface area contributed by atoms with Gasteiger partial charge in [0.25, 0.3) is 0 Å². The molecule has 3 amide bonds. The number of nitrogens with zero attached hydrogens (tertiary/aromatic N) is 3. The summed E-state index contributed by atoms with van der Waals surface area (Å²) in [6, 6.07) is 4.52.